The van der Waals surface area contributed by atoms with Crippen LogP contribution in [0.15, 0.2) is 30.5 Å². The van der Waals surface area contributed by atoms with Crippen LogP contribution < -0.4 is 5.32 Å². The minimum absolute atomic E-state index is 0.0516. The third-order valence-electron chi connectivity index (χ3n) is 6.58. The summed E-state index contributed by atoms with van der Waals surface area (Å²) >= 11 is 0. The fourth-order valence-electron chi connectivity index (χ4n) is 4.57. The average Bonchev–Trinajstić information content (AvgIpc) is 3.14. The number of likely N-dealkylation sites (tertiary alicyclic amines) is 1. The zero-order valence-corrected chi connectivity index (χ0v) is 18.3. The molecule has 0 bridgehead atoms. The molecule has 0 aliphatic carbocycles. The second-order valence-corrected chi connectivity index (χ2v) is 8.83. The van der Waals surface area contributed by atoms with E-state index in [1.54, 1.807) is 0 Å². The molecule has 4 rings (SSSR count). The smallest absolute Gasteiger partial charge is 0.317 e. The van der Waals surface area contributed by atoms with Crippen molar-refractivity contribution < 1.29 is 9.53 Å². The van der Waals surface area contributed by atoms with Crippen molar-refractivity contribution in [1.82, 2.24) is 19.8 Å². The number of benzene rings is 1. The number of rotatable bonds is 5. The zero-order chi connectivity index (χ0) is 20.9. The van der Waals surface area contributed by atoms with Gasteiger partial charge in [-0.15, -0.1) is 0 Å². The van der Waals surface area contributed by atoms with Crippen LogP contribution in [0.25, 0.3) is 0 Å². The first-order valence-corrected chi connectivity index (χ1v) is 11.3. The van der Waals surface area contributed by atoms with Crippen LogP contribution in [0, 0.1) is 19.8 Å². The van der Waals surface area contributed by atoms with Crippen LogP contribution in [-0.4, -0.2) is 46.8 Å². The number of imidazole rings is 1. The number of urea groups is 1. The summed E-state index contributed by atoms with van der Waals surface area (Å²) in [4.78, 5) is 19.3. The predicted octanol–water partition coefficient (Wildman–Crippen LogP) is 4.02. The van der Waals surface area contributed by atoms with Crippen LogP contribution >= 0.6 is 0 Å². The summed E-state index contributed by atoms with van der Waals surface area (Å²) in [6, 6.07) is 8.37. The Kier molecular flexibility index (Phi) is 6.72. The fourth-order valence-corrected chi connectivity index (χ4v) is 4.57. The van der Waals surface area contributed by atoms with Gasteiger partial charge in [0.2, 0.25) is 0 Å². The number of hydrogen-bond acceptors (Lipinski definition) is 3. The maximum absolute atomic E-state index is 12.6. The standard InChI is InChI=1S/C24H34N4O2/c1-18-3-5-20(6-4-18)16-26-24(29)27-11-7-21(8-12-27)17-28-19(2)15-25-23(28)22-9-13-30-14-10-22/h3-6,15,21-22H,7-14,16-17H2,1-2H3,(H,26,29). The van der Waals surface area contributed by atoms with Gasteiger partial charge in [0, 0.05) is 57.2 Å². The fraction of sp³-hybridized carbons (Fsp3) is 0.583. The van der Waals surface area contributed by atoms with E-state index in [1.807, 2.05) is 11.1 Å². The number of aromatic nitrogens is 2. The molecule has 3 heterocycles. The highest BCUT2D eigenvalue weighted by Gasteiger charge is 2.26. The molecule has 6 nitrogen and oxygen atoms in total. The van der Waals surface area contributed by atoms with Gasteiger partial charge in [-0.1, -0.05) is 29.8 Å². The molecule has 6 heteroatoms. The van der Waals surface area contributed by atoms with Crippen molar-refractivity contribution in [3.8, 4) is 0 Å². The molecular weight excluding hydrogens is 376 g/mol. The Morgan fingerprint density at radius 1 is 1.10 bits per heavy atom. The molecule has 2 fully saturated rings. The molecule has 2 amide bonds. The van der Waals surface area contributed by atoms with Crippen LogP contribution in [0.4, 0.5) is 4.79 Å². The minimum Gasteiger partial charge on any atom is -0.381 e. The number of nitrogens with one attached hydrogen (secondary N) is 1. The van der Waals surface area contributed by atoms with Crippen LogP contribution in [0.1, 0.15) is 54.2 Å². The summed E-state index contributed by atoms with van der Waals surface area (Å²) in [5.74, 6) is 2.34. The Labute approximate surface area is 179 Å². The van der Waals surface area contributed by atoms with E-state index in [1.165, 1.54) is 17.1 Å². The highest BCUT2D eigenvalue weighted by molar-refractivity contribution is 5.74. The van der Waals surface area contributed by atoms with Crippen LogP contribution in [0.2, 0.25) is 0 Å². The number of ether oxygens (including phenoxy) is 1. The van der Waals surface area contributed by atoms with Gasteiger partial charge in [-0.3, -0.25) is 0 Å². The average molecular weight is 411 g/mol. The number of amides is 2. The molecule has 1 N–H and O–H groups in total. The Morgan fingerprint density at radius 2 is 1.80 bits per heavy atom. The first-order chi connectivity index (χ1) is 14.6. The van der Waals surface area contributed by atoms with Crippen molar-refractivity contribution in [1.29, 1.82) is 0 Å². The van der Waals surface area contributed by atoms with E-state index < -0.39 is 0 Å². The number of nitrogens with zero attached hydrogens (tertiary/aromatic N) is 3. The van der Waals surface area contributed by atoms with Crippen molar-refractivity contribution in [2.75, 3.05) is 26.3 Å². The Balaban J connectivity index is 1.27. The molecule has 2 aromatic rings. The maximum atomic E-state index is 12.6. The third kappa shape index (κ3) is 5.04. The molecule has 162 valence electrons. The Hall–Kier alpha value is -2.34. The summed E-state index contributed by atoms with van der Waals surface area (Å²) in [5.41, 5.74) is 3.62. The first kappa shape index (κ1) is 20.9. The largest absolute Gasteiger partial charge is 0.381 e. The van der Waals surface area contributed by atoms with E-state index in [-0.39, 0.29) is 6.03 Å². The first-order valence-electron chi connectivity index (χ1n) is 11.3. The zero-order valence-electron chi connectivity index (χ0n) is 18.3. The lowest BCUT2D eigenvalue weighted by atomic mass is 9.95. The number of hydrogen-bond donors (Lipinski definition) is 1. The van der Waals surface area contributed by atoms with Gasteiger partial charge >= 0.3 is 6.03 Å². The maximum Gasteiger partial charge on any atom is 0.317 e. The molecule has 0 spiro atoms. The quantitative estimate of drug-likeness (QED) is 0.810. The molecule has 0 radical (unpaired) electrons. The lowest BCUT2D eigenvalue weighted by Crippen LogP contribution is -2.44. The van der Waals surface area contributed by atoms with E-state index in [4.69, 9.17) is 9.72 Å². The SMILES string of the molecule is Cc1ccc(CNC(=O)N2CCC(Cn3c(C)cnc3C3CCOCC3)CC2)cc1. The molecular formula is C24H34N4O2. The summed E-state index contributed by atoms with van der Waals surface area (Å²) < 4.78 is 7.95. The molecule has 2 aliphatic rings. The second kappa shape index (κ2) is 9.65. The molecule has 0 unspecified atom stereocenters. The van der Waals surface area contributed by atoms with Gasteiger partial charge < -0.3 is 19.5 Å². The molecule has 1 aromatic carbocycles. The number of carbonyl (C=O) groups excluding carboxylic acids is 1. The van der Waals surface area contributed by atoms with E-state index in [0.717, 1.165) is 64.1 Å². The van der Waals surface area contributed by atoms with Crippen molar-refractivity contribution in [3.05, 3.63) is 53.1 Å². The van der Waals surface area contributed by atoms with Crippen LogP contribution in [-0.2, 0) is 17.8 Å². The summed E-state index contributed by atoms with van der Waals surface area (Å²) in [6.07, 6.45) is 6.23. The van der Waals surface area contributed by atoms with Gasteiger partial charge in [0.05, 0.1) is 0 Å². The number of carbonyl (C=O) groups is 1. The van der Waals surface area contributed by atoms with Gasteiger partial charge in [0.15, 0.2) is 0 Å². The highest BCUT2D eigenvalue weighted by atomic mass is 16.5. The molecule has 0 saturated carbocycles. The van der Waals surface area contributed by atoms with Gasteiger partial charge in [-0.2, -0.15) is 0 Å². The highest BCUT2D eigenvalue weighted by Crippen LogP contribution is 2.29. The third-order valence-corrected chi connectivity index (χ3v) is 6.58. The van der Waals surface area contributed by atoms with E-state index >= 15 is 0 Å². The monoisotopic (exact) mass is 410 g/mol. The lowest BCUT2D eigenvalue weighted by molar-refractivity contribution is 0.0823. The second-order valence-electron chi connectivity index (χ2n) is 8.83. The van der Waals surface area contributed by atoms with E-state index in [2.05, 4.69) is 48.0 Å². The summed E-state index contributed by atoms with van der Waals surface area (Å²) in [6.45, 7) is 9.15. The van der Waals surface area contributed by atoms with E-state index in [9.17, 15) is 4.79 Å². The molecule has 2 saturated heterocycles. The topological polar surface area (TPSA) is 59.4 Å². The van der Waals surface area contributed by atoms with Crippen molar-refractivity contribution >= 4 is 6.03 Å². The molecule has 2 aliphatic heterocycles. The number of aryl methyl sites for hydroxylation is 2. The summed E-state index contributed by atoms with van der Waals surface area (Å²) in [7, 11) is 0. The van der Waals surface area contributed by atoms with E-state index in [0.29, 0.717) is 18.4 Å². The minimum atomic E-state index is 0.0516. The Morgan fingerprint density at radius 3 is 2.50 bits per heavy atom. The van der Waals surface area contributed by atoms with Crippen LogP contribution in [0.3, 0.4) is 0 Å². The van der Waals surface area contributed by atoms with Crippen LogP contribution in [0.5, 0.6) is 0 Å². The number of piperidine rings is 1. The summed E-state index contributed by atoms with van der Waals surface area (Å²) in [5, 5.41) is 3.07. The lowest BCUT2D eigenvalue weighted by Gasteiger charge is -2.33. The molecule has 0 atom stereocenters. The van der Waals surface area contributed by atoms with Crippen molar-refractivity contribution in [2.45, 2.75) is 58.5 Å². The normalized spacial score (nSPS) is 18.5. The molecule has 1 aromatic heterocycles. The van der Waals surface area contributed by atoms with Gasteiger partial charge in [0.1, 0.15) is 5.82 Å². The van der Waals surface area contributed by atoms with Crippen molar-refractivity contribution in [3.63, 3.8) is 0 Å². The van der Waals surface area contributed by atoms with Gasteiger partial charge in [0.25, 0.3) is 0 Å². The predicted molar refractivity (Wildman–Crippen MR) is 117 cm³/mol. The van der Waals surface area contributed by atoms with Crippen molar-refractivity contribution in [2.24, 2.45) is 5.92 Å². The Bertz CT molecular complexity index is 831. The van der Waals surface area contributed by atoms with Gasteiger partial charge in [-0.05, 0) is 51.0 Å². The molecule has 30 heavy (non-hydrogen) atoms. The van der Waals surface area contributed by atoms with Gasteiger partial charge in [-0.25, -0.2) is 9.78 Å².